The lowest BCUT2D eigenvalue weighted by Gasteiger charge is -2.34. The summed E-state index contributed by atoms with van der Waals surface area (Å²) in [4.78, 5) is 12.6. The van der Waals surface area contributed by atoms with E-state index in [9.17, 15) is 22.0 Å². The molecule has 0 bridgehead atoms. The van der Waals surface area contributed by atoms with Crippen LogP contribution in [0.15, 0.2) is 23.1 Å². The molecule has 0 unspecified atom stereocenters. The van der Waals surface area contributed by atoms with Gasteiger partial charge in [0, 0.05) is 12.1 Å². The molecule has 1 aliphatic carbocycles. The molecule has 1 atom stereocenters. The summed E-state index contributed by atoms with van der Waals surface area (Å²) in [5.41, 5.74) is 0. The third-order valence-electron chi connectivity index (χ3n) is 4.81. The van der Waals surface area contributed by atoms with E-state index in [0.717, 1.165) is 29.9 Å². The van der Waals surface area contributed by atoms with Gasteiger partial charge in [-0.15, -0.1) is 0 Å². The van der Waals surface area contributed by atoms with E-state index in [0.29, 0.717) is 19.2 Å². The van der Waals surface area contributed by atoms with Gasteiger partial charge in [0.15, 0.2) is 6.04 Å². The Hall–Kier alpha value is -1.58. The number of carbonyl (C=O) groups excluding carboxylic acids is 1. The molecular formula is C16H22F2N3O3S+. The molecule has 6 nitrogen and oxygen atoms in total. The van der Waals surface area contributed by atoms with Gasteiger partial charge in [-0.05, 0) is 31.9 Å². The van der Waals surface area contributed by atoms with Gasteiger partial charge in [0.05, 0.1) is 26.2 Å². The number of hydrogen-bond donors (Lipinski definition) is 2. The first-order valence-corrected chi connectivity index (χ1v) is 9.83. The molecule has 1 aromatic rings. The Morgan fingerprint density at radius 2 is 1.92 bits per heavy atom. The molecule has 2 aliphatic rings. The van der Waals surface area contributed by atoms with Crippen LogP contribution < -0.4 is 10.2 Å². The molecule has 1 saturated carbocycles. The Labute approximate surface area is 145 Å². The first-order chi connectivity index (χ1) is 11.8. The molecule has 3 rings (SSSR count). The zero-order valence-corrected chi connectivity index (χ0v) is 14.8. The van der Waals surface area contributed by atoms with E-state index in [1.165, 1.54) is 4.31 Å². The number of amides is 1. The lowest BCUT2D eigenvalue weighted by molar-refractivity contribution is -0.917. The number of rotatable bonds is 5. The van der Waals surface area contributed by atoms with Crippen molar-refractivity contribution in [3.05, 3.63) is 29.8 Å². The maximum atomic E-state index is 13.8. The van der Waals surface area contributed by atoms with E-state index >= 15 is 0 Å². The fourth-order valence-electron chi connectivity index (χ4n) is 3.01. The number of nitrogens with one attached hydrogen (secondary N) is 2. The second-order valence-corrected chi connectivity index (χ2v) is 8.55. The van der Waals surface area contributed by atoms with Crippen LogP contribution in [0.4, 0.5) is 8.78 Å². The molecule has 2 N–H and O–H groups in total. The summed E-state index contributed by atoms with van der Waals surface area (Å²) in [7, 11) is -4.01. The number of quaternary nitrogens is 1. The number of sulfonamides is 1. The molecule has 0 aromatic heterocycles. The molecule has 1 aliphatic heterocycles. The molecule has 1 aromatic carbocycles. The van der Waals surface area contributed by atoms with E-state index in [1.807, 2.05) is 6.92 Å². The van der Waals surface area contributed by atoms with Crippen LogP contribution in [0.1, 0.15) is 19.8 Å². The predicted octanol–water partition coefficient (Wildman–Crippen LogP) is -0.479. The second kappa shape index (κ2) is 6.97. The highest BCUT2D eigenvalue weighted by molar-refractivity contribution is 7.89. The van der Waals surface area contributed by atoms with Crippen LogP contribution in [0, 0.1) is 11.6 Å². The van der Waals surface area contributed by atoms with Gasteiger partial charge in [0.2, 0.25) is 10.0 Å². The number of hydrogen-bond acceptors (Lipinski definition) is 3. The monoisotopic (exact) mass is 374 g/mol. The summed E-state index contributed by atoms with van der Waals surface area (Å²) >= 11 is 0. The lowest BCUT2D eigenvalue weighted by atomic mass is 10.2. The Balaban J connectivity index is 1.63. The second-order valence-electron chi connectivity index (χ2n) is 6.64. The van der Waals surface area contributed by atoms with Gasteiger partial charge in [-0.3, -0.25) is 4.79 Å². The predicted molar refractivity (Wildman–Crippen MR) is 86.4 cm³/mol. The van der Waals surface area contributed by atoms with Gasteiger partial charge in [-0.1, -0.05) is 0 Å². The van der Waals surface area contributed by atoms with Gasteiger partial charge >= 0.3 is 0 Å². The van der Waals surface area contributed by atoms with Crippen molar-refractivity contribution >= 4 is 15.9 Å². The quantitative estimate of drug-likeness (QED) is 0.732. The standard InChI is InChI=1S/C16H21F2N3O3S/c1-11(16(22)19-13-3-4-13)20-6-8-21(9-7-20)25(23,24)15-5-2-12(17)10-14(15)18/h2,5,10-11,13H,3-4,6-9H2,1H3,(H,19,22)/p+1/t11-/m1/s1. The zero-order chi connectivity index (χ0) is 18.2. The summed E-state index contributed by atoms with van der Waals surface area (Å²) in [6.07, 6.45) is 2.03. The molecule has 2 fully saturated rings. The maximum absolute atomic E-state index is 13.8. The number of carbonyl (C=O) groups is 1. The van der Waals surface area contributed by atoms with E-state index in [2.05, 4.69) is 5.32 Å². The summed E-state index contributed by atoms with van der Waals surface area (Å²) in [5.74, 6) is -1.92. The van der Waals surface area contributed by atoms with Gasteiger partial charge in [-0.25, -0.2) is 17.2 Å². The highest BCUT2D eigenvalue weighted by atomic mass is 32.2. The molecule has 138 valence electrons. The summed E-state index contributed by atoms with van der Waals surface area (Å²) in [6, 6.07) is 2.48. The molecule has 0 radical (unpaired) electrons. The average Bonchev–Trinajstić information content (AvgIpc) is 3.38. The Morgan fingerprint density at radius 3 is 2.48 bits per heavy atom. The molecular weight excluding hydrogens is 352 g/mol. The average molecular weight is 374 g/mol. The van der Waals surface area contributed by atoms with E-state index in [-0.39, 0.29) is 31.1 Å². The zero-order valence-electron chi connectivity index (χ0n) is 14.0. The van der Waals surface area contributed by atoms with Gasteiger partial charge in [0.1, 0.15) is 16.5 Å². The molecule has 9 heteroatoms. The summed E-state index contributed by atoms with van der Waals surface area (Å²) in [6.45, 7) is 3.13. The largest absolute Gasteiger partial charge is 0.348 e. The van der Waals surface area contributed by atoms with Crippen molar-refractivity contribution in [2.45, 2.75) is 36.7 Å². The molecule has 1 heterocycles. The minimum atomic E-state index is -4.01. The maximum Gasteiger partial charge on any atom is 0.278 e. The van der Waals surface area contributed by atoms with Gasteiger partial charge < -0.3 is 10.2 Å². The fraction of sp³-hybridized carbons (Fsp3) is 0.562. The van der Waals surface area contributed by atoms with E-state index in [4.69, 9.17) is 0 Å². The number of benzene rings is 1. The minimum absolute atomic E-state index is 0.0154. The summed E-state index contributed by atoms with van der Waals surface area (Å²) < 4.78 is 53.1. The number of halogens is 2. The minimum Gasteiger partial charge on any atom is -0.348 e. The first-order valence-electron chi connectivity index (χ1n) is 8.39. The first kappa shape index (κ1) is 18.2. The smallest absolute Gasteiger partial charge is 0.278 e. The molecule has 0 spiro atoms. The normalized spacial score (nSPS) is 21.1. The topological polar surface area (TPSA) is 70.9 Å². The van der Waals surface area contributed by atoms with Crippen LogP contribution in [-0.4, -0.2) is 56.9 Å². The Kier molecular flexibility index (Phi) is 5.08. The summed E-state index contributed by atoms with van der Waals surface area (Å²) in [5, 5.41) is 2.95. The number of nitrogens with zero attached hydrogens (tertiary/aromatic N) is 1. The van der Waals surface area contributed by atoms with Crippen molar-refractivity contribution in [2.24, 2.45) is 0 Å². The van der Waals surface area contributed by atoms with Crippen molar-refractivity contribution in [3.63, 3.8) is 0 Å². The van der Waals surface area contributed by atoms with Crippen molar-refractivity contribution in [1.82, 2.24) is 9.62 Å². The van der Waals surface area contributed by atoms with Crippen molar-refractivity contribution < 1.29 is 26.9 Å². The van der Waals surface area contributed by atoms with Crippen LogP contribution >= 0.6 is 0 Å². The van der Waals surface area contributed by atoms with Crippen LogP contribution in [-0.2, 0) is 14.8 Å². The van der Waals surface area contributed by atoms with Crippen molar-refractivity contribution in [3.8, 4) is 0 Å². The molecule has 1 saturated heterocycles. The molecule has 1 amide bonds. The van der Waals surface area contributed by atoms with Crippen LogP contribution in [0.5, 0.6) is 0 Å². The fourth-order valence-corrected chi connectivity index (χ4v) is 4.50. The third kappa shape index (κ3) is 3.99. The van der Waals surface area contributed by atoms with Crippen molar-refractivity contribution in [2.75, 3.05) is 26.2 Å². The highest BCUT2D eigenvalue weighted by Crippen LogP contribution is 2.20. The van der Waals surface area contributed by atoms with Crippen LogP contribution in [0.3, 0.4) is 0 Å². The van der Waals surface area contributed by atoms with E-state index < -0.39 is 26.6 Å². The van der Waals surface area contributed by atoms with Crippen LogP contribution in [0.25, 0.3) is 0 Å². The van der Waals surface area contributed by atoms with Crippen molar-refractivity contribution in [1.29, 1.82) is 0 Å². The number of piperazine rings is 1. The lowest BCUT2D eigenvalue weighted by Crippen LogP contribution is -3.19. The van der Waals surface area contributed by atoms with Crippen LogP contribution in [0.2, 0.25) is 0 Å². The van der Waals surface area contributed by atoms with E-state index in [1.54, 1.807) is 0 Å². The van der Waals surface area contributed by atoms with Gasteiger partial charge in [-0.2, -0.15) is 4.31 Å². The third-order valence-corrected chi connectivity index (χ3v) is 6.74. The Bertz CT molecular complexity index is 760. The molecule has 25 heavy (non-hydrogen) atoms. The Morgan fingerprint density at radius 1 is 1.28 bits per heavy atom. The SMILES string of the molecule is C[C@H](C(=O)NC1CC1)[NH+]1CCN(S(=O)(=O)c2ccc(F)cc2F)CC1. The highest BCUT2D eigenvalue weighted by Gasteiger charge is 2.36. The van der Waals surface area contributed by atoms with Gasteiger partial charge in [0.25, 0.3) is 5.91 Å².